The fourth-order valence-electron chi connectivity index (χ4n) is 2.49. The molecule has 1 aliphatic rings. The average molecular weight is 408 g/mol. The van der Waals surface area contributed by atoms with Gasteiger partial charge in [-0.1, -0.05) is 37.1 Å². The first kappa shape index (κ1) is 17.6. The summed E-state index contributed by atoms with van der Waals surface area (Å²) in [5, 5.41) is 3.90. The molecule has 1 saturated carbocycles. The number of rotatable bonds is 5. The van der Waals surface area contributed by atoms with Gasteiger partial charge in [0.15, 0.2) is 5.96 Å². The van der Waals surface area contributed by atoms with E-state index >= 15 is 0 Å². The highest BCUT2D eigenvalue weighted by Crippen LogP contribution is 2.44. The van der Waals surface area contributed by atoms with Gasteiger partial charge in [-0.2, -0.15) is 0 Å². The first-order chi connectivity index (χ1) is 9.16. The van der Waals surface area contributed by atoms with Crippen molar-refractivity contribution in [1.82, 2.24) is 5.32 Å². The number of benzene rings is 1. The molecule has 0 saturated heterocycles. The molecular formula is C15H23ClIN3. The van der Waals surface area contributed by atoms with Crippen LogP contribution in [0.4, 0.5) is 0 Å². The van der Waals surface area contributed by atoms with Crippen LogP contribution in [0.5, 0.6) is 0 Å². The van der Waals surface area contributed by atoms with E-state index in [0.29, 0.717) is 5.96 Å². The van der Waals surface area contributed by atoms with Crippen molar-refractivity contribution in [1.29, 1.82) is 0 Å². The van der Waals surface area contributed by atoms with Gasteiger partial charge in [0.2, 0.25) is 0 Å². The minimum atomic E-state index is 0. The van der Waals surface area contributed by atoms with Gasteiger partial charge in [-0.15, -0.1) is 24.0 Å². The van der Waals surface area contributed by atoms with E-state index in [-0.39, 0.29) is 29.4 Å². The second-order valence-corrected chi connectivity index (χ2v) is 5.71. The fraction of sp³-hybridized carbons (Fsp3) is 0.533. The number of halogens is 2. The van der Waals surface area contributed by atoms with Crippen molar-refractivity contribution in [2.75, 3.05) is 13.1 Å². The van der Waals surface area contributed by atoms with Crippen molar-refractivity contribution in [3.05, 3.63) is 34.9 Å². The summed E-state index contributed by atoms with van der Waals surface area (Å²) < 4.78 is 0. The van der Waals surface area contributed by atoms with Gasteiger partial charge in [0.1, 0.15) is 0 Å². The maximum Gasteiger partial charge on any atom is 0.188 e. The molecule has 0 radical (unpaired) electrons. The largest absolute Gasteiger partial charge is 0.370 e. The Labute approximate surface area is 143 Å². The standard InChI is InChI=1S/C15H22ClN3.HI/c1-2-10-18-14(17)19-11-15(8-3-9-15)12-4-6-13(16)7-5-12;/h4-7H,2-3,8-11H2,1H3,(H3,17,18,19);1H. The van der Waals surface area contributed by atoms with Crippen LogP contribution in [0.15, 0.2) is 29.3 Å². The molecule has 0 aliphatic heterocycles. The molecule has 1 aromatic carbocycles. The maximum absolute atomic E-state index is 5.95. The lowest BCUT2D eigenvalue weighted by atomic mass is 9.64. The Morgan fingerprint density at radius 2 is 2.00 bits per heavy atom. The Morgan fingerprint density at radius 3 is 2.50 bits per heavy atom. The van der Waals surface area contributed by atoms with Gasteiger partial charge in [0.05, 0.1) is 6.54 Å². The van der Waals surface area contributed by atoms with E-state index in [1.54, 1.807) is 0 Å². The van der Waals surface area contributed by atoms with E-state index in [1.165, 1.54) is 24.8 Å². The molecule has 3 nitrogen and oxygen atoms in total. The van der Waals surface area contributed by atoms with Crippen molar-refractivity contribution in [3.63, 3.8) is 0 Å². The molecular weight excluding hydrogens is 385 g/mol. The molecule has 0 unspecified atom stereocenters. The van der Waals surface area contributed by atoms with Gasteiger partial charge in [-0.3, -0.25) is 4.99 Å². The van der Waals surface area contributed by atoms with Crippen molar-refractivity contribution < 1.29 is 0 Å². The lowest BCUT2D eigenvalue weighted by molar-refractivity contribution is 0.253. The maximum atomic E-state index is 5.95. The van der Waals surface area contributed by atoms with E-state index in [1.807, 2.05) is 12.1 Å². The average Bonchev–Trinajstić information content (AvgIpc) is 2.37. The molecule has 0 atom stereocenters. The summed E-state index contributed by atoms with van der Waals surface area (Å²) in [6, 6.07) is 8.15. The molecule has 20 heavy (non-hydrogen) atoms. The van der Waals surface area contributed by atoms with Gasteiger partial charge in [-0.25, -0.2) is 0 Å². The number of nitrogens with zero attached hydrogens (tertiary/aromatic N) is 1. The summed E-state index contributed by atoms with van der Waals surface area (Å²) >= 11 is 5.95. The summed E-state index contributed by atoms with van der Waals surface area (Å²) in [6.45, 7) is 3.75. The molecule has 2 rings (SSSR count). The highest BCUT2D eigenvalue weighted by atomic mass is 127. The SMILES string of the molecule is CCCNC(N)=NCC1(c2ccc(Cl)cc2)CCC1.I. The number of hydrogen-bond acceptors (Lipinski definition) is 1. The van der Waals surface area contributed by atoms with E-state index in [4.69, 9.17) is 17.3 Å². The van der Waals surface area contributed by atoms with Gasteiger partial charge in [0, 0.05) is 17.0 Å². The van der Waals surface area contributed by atoms with E-state index in [2.05, 4.69) is 29.4 Å². The van der Waals surface area contributed by atoms with Crippen molar-refractivity contribution in [2.45, 2.75) is 38.0 Å². The molecule has 3 N–H and O–H groups in total. The molecule has 0 amide bonds. The predicted octanol–water partition coefficient (Wildman–Crippen LogP) is 3.69. The van der Waals surface area contributed by atoms with Crippen LogP contribution in [-0.4, -0.2) is 19.0 Å². The Hall–Kier alpha value is -0.490. The Morgan fingerprint density at radius 1 is 1.35 bits per heavy atom. The lowest BCUT2D eigenvalue weighted by Crippen LogP contribution is -2.40. The molecule has 1 fully saturated rings. The predicted molar refractivity (Wildman–Crippen MR) is 97.2 cm³/mol. The topological polar surface area (TPSA) is 50.4 Å². The van der Waals surface area contributed by atoms with Crippen molar-refractivity contribution in [3.8, 4) is 0 Å². The fourth-order valence-corrected chi connectivity index (χ4v) is 2.62. The minimum Gasteiger partial charge on any atom is -0.370 e. The summed E-state index contributed by atoms with van der Waals surface area (Å²) in [4.78, 5) is 4.50. The number of aliphatic imine (C=N–C) groups is 1. The summed E-state index contributed by atoms with van der Waals surface area (Å²) in [5.74, 6) is 0.557. The highest BCUT2D eigenvalue weighted by Gasteiger charge is 2.38. The van der Waals surface area contributed by atoms with Gasteiger partial charge < -0.3 is 11.1 Å². The van der Waals surface area contributed by atoms with Crippen LogP contribution < -0.4 is 11.1 Å². The first-order valence-corrected chi connectivity index (χ1v) is 7.34. The van der Waals surface area contributed by atoms with E-state index < -0.39 is 0 Å². The normalized spacial score (nSPS) is 17.0. The Balaban J connectivity index is 0.00000200. The zero-order valence-corrected chi connectivity index (χ0v) is 14.9. The third kappa shape index (κ3) is 4.25. The first-order valence-electron chi connectivity index (χ1n) is 6.96. The van der Waals surface area contributed by atoms with Gasteiger partial charge >= 0.3 is 0 Å². The molecule has 5 heteroatoms. The molecule has 0 bridgehead atoms. The van der Waals surface area contributed by atoms with E-state index in [0.717, 1.165) is 24.5 Å². The van der Waals surface area contributed by atoms with Crippen molar-refractivity contribution >= 4 is 41.5 Å². The van der Waals surface area contributed by atoms with Crippen LogP contribution >= 0.6 is 35.6 Å². The summed E-state index contributed by atoms with van der Waals surface area (Å²) in [7, 11) is 0. The van der Waals surface area contributed by atoms with Crippen LogP contribution in [0.1, 0.15) is 38.2 Å². The van der Waals surface area contributed by atoms with Crippen LogP contribution in [0.25, 0.3) is 0 Å². The summed E-state index contributed by atoms with van der Waals surface area (Å²) in [5.41, 5.74) is 7.36. The lowest BCUT2D eigenvalue weighted by Gasteiger charge is -2.41. The monoisotopic (exact) mass is 407 g/mol. The van der Waals surface area contributed by atoms with Crippen molar-refractivity contribution in [2.24, 2.45) is 10.7 Å². The third-order valence-electron chi connectivity index (χ3n) is 3.88. The number of nitrogens with two attached hydrogens (primary N) is 1. The minimum absolute atomic E-state index is 0. The zero-order chi connectivity index (χ0) is 13.7. The molecule has 112 valence electrons. The number of nitrogens with one attached hydrogen (secondary N) is 1. The number of hydrogen-bond donors (Lipinski definition) is 2. The number of guanidine groups is 1. The molecule has 1 aromatic rings. The molecule has 0 aromatic heterocycles. The second kappa shape index (κ2) is 8.08. The van der Waals surface area contributed by atoms with Crippen LogP contribution in [0.2, 0.25) is 5.02 Å². The second-order valence-electron chi connectivity index (χ2n) is 5.27. The van der Waals surface area contributed by atoms with Gasteiger partial charge in [0.25, 0.3) is 0 Å². The van der Waals surface area contributed by atoms with Crippen LogP contribution in [0, 0.1) is 0 Å². The highest BCUT2D eigenvalue weighted by molar-refractivity contribution is 14.0. The molecule has 0 heterocycles. The quantitative estimate of drug-likeness (QED) is 0.444. The Bertz CT molecular complexity index is 441. The third-order valence-corrected chi connectivity index (χ3v) is 4.13. The van der Waals surface area contributed by atoms with E-state index in [9.17, 15) is 0 Å². The zero-order valence-electron chi connectivity index (χ0n) is 11.9. The van der Waals surface area contributed by atoms with Crippen LogP contribution in [0.3, 0.4) is 0 Å². The van der Waals surface area contributed by atoms with Crippen LogP contribution in [-0.2, 0) is 5.41 Å². The molecule has 0 spiro atoms. The van der Waals surface area contributed by atoms with Gasteiger partial charge in [-0.05, 0) is 37.0 Å². The smallest absolute Gasteiger partial charge is 0.188 e. The Kier molecular flexibility index (Phi) is 7.09. The summed E-state index contributed by atoms with van der Waals surface area (Å²) in [6.07, 6.45) is 4.68. The molecule has 1 aliphatic carbocycles.